The molecule has 2 atom stereocenters. The molecule has 21 heavy (non-hydrogen) atoms. The first-order valence-corrected chi connectivity index (χ1v) is 9.07. The number of benzene rings is 1. The van der Waals surface area contributed by atoms with Crippen molar-refractivity contribution in [2.45, 2.75) is 18.9 Å². The Morgan fingerprint density at radius 2 is 2.10 bits per heavy atom. The van der Waals surface area contributed by atoms with E-state index in [4.69, 9.17) is 0 Å². The Hall–Kier alpha value is -1.56. The third-order valence-electron chi connectivity index (χ3n) is 4.48. The molecule has 0 aliphatic carbocycles. The van der Waals surface area contributed by atoms with Crippen molar-refractivity contribution in [3.05, 3.63) is 29.8 Å². The van der Waals surface area contributed by atoms with Gasteiger partial charge in [0.25, 0.3) is 0 Å². The summed E-state index contributed by atoms with van der Waals surface area (Å²) in [6.07, 6.45) is 1.27. The molecule has 0 aromatic heterocycles. The van der Waals surface area contributed by atoms with E-state index in [-0.39, 0.29) is 29.4 Å². The predicted octanol–water partition coefficient (Wildman–Crippen LogP) is 0.916. The third-order valence-corrected chi connectivity index (χ3v) is 6.23. The summed E-state index contributed by atoms with van der Waals surface area (Å²) in [4.78, 5) is 14.2. The van der Waals surface area contributed by atoms with Gasteiger partial charge in [-0.15, -0.1) is 0 Å². The number of nitrogens with one attached hydrogen (secondary N) is 1. The van der Waals surface area contributed by atoms with E-state index in [0.29, 0.717) is 19.4 Å². The van der Waals surface area contributed by atoms with Crippen LogP contribution in [0.1, 0.15) is 12.0 Å². The van der Waals surface area contributed by atoms with Crippen molar-refractivity contribution in [2.75, 3.05) is 30.4 Å². The van der Waals surface area contributed by atoms with Crippen molar-refractivity contribution < 1.29 is 13.2 Å². The first kappa shape index (κ1) is 14.4. The van der Waals surface area contributed by atoms with Gasteiger partial charge in [-0.05, 0) is 24.5 Å². The molecule has 114 valence electrons. The van der Waals surface area contributed by atoms with E-state index >= 15 is 0 Å². The molecule has 1 N–H and O–H groups in total. The largest absolute Gasteiger partial charge is 0.384 e. The van der Waals surface area contributed by atoms with Crippen LogP contribution in [-0.2, 0) is 21.1 Å². The number of para-hydroxylation sites is 1. The lowest BCUT2D eigenvalue weighted by molar-refractivity contribution is -0.135. The maximum absolute atomic E-state index is 12.6. The summed E-state index contributed by atoms with van der Waals surface area (Å²) in [7, 11) is -1.23. The lowest BCUT2D eigenvalue weighted by Gasteiger charge is -2.31. The van der Waals surface area contributed by atoms with Gasteiger partial charge in [0.1, 0.15) is 0 Å². The highest BCUT2D eigenvalue weighted by Gasteiger charge is 2.35. The van der Waals surface area contributed by atoms with Gasteiger partial charge in [0.15, 0.2) is 9.84 Å². The fourth-order valence-electron chi connectivity index (χ4n) is 3.16. The number of carbonyl (C=O) groups excluding carboxylic acids is 1. The van der Waals surface area contributed by atoms with Gasteiger partial charge in [0.2, 0.25) is 5.91 Å². The lowest BCUT2D eigenvalue weighted by atomic mass is 9.92. The number of hydrogen-bond donors (Lipinski definition) is 1. The average Bonchev–Trinajstić information content (AvgIpc) is 2.85. The van der Waals surface area contributed by atoms with Crippen LogP contribution in [-0.4, -0.2) is 50.4 Å². The number of sulfone groups is 1. The highest BCUT2D eigenvalue weighted by molar-refractivity contribution is 7.91. The highest BCUT2D eigenvalue weighted by Crippen LogP contribution is 2.26. The summed E-state index contributed by atoms with van der Waals surface area (Å²) >= 11 is 0. The minimum absolute atomic E-state index is 0.0408. The zero-order chi connectivity index (χ0) is 15.0. The number of nitrogens with zero attached hydrogens (tertiary/aromatic N) is 1. The van der Waals surface area contributed by atoms with Gasteiger partial charge in [-0.25, -0.2) is 8.42 Å². The molecule has 0 bridgehead atoms. The molecule has 1 aromatic carbocycles. The second kappa shape index (κ2) is 5.33. The predicted molar refractivity (Wildman–Crippen MR) is 82.0 cm³/mol. The number of anilines is 1. The van der Waals surface area contributed by atoms with Crippen LogP contribution >= 0.6 is 0 Å². The van der Waals surface area contributed by atoms with E-state index in [1.54, 1.807) is 11.9 Å². The average molecular weight is 308 g/mol. The van der Waals surface area contributed by atoms with E-state index in [0.717, 1.165) is 11.3 Å². The quantitative estimate of drug-likeness (QED) is 0.882. The Bertz CT molecular complexity index is 657. The number of carbonyl (C=O) groups is 1. The van der Waals surface area contributed by atoms with Gasteiger partial charge in [-0.2, -0.15) is 0 Å². The number of rotatable bonds is 2. The van der Waals surface area contributed by atoms with Crippen LogP contribution in [0, 0.1) is 5.92 Å². The van der Waals surface area contributed by atoms with Crippen LogP contribution in [0.2, 0.25) is 0 Å². The summed E-state index contributed by atoms with van der Waals surface area (Å²) in [5.74, 6) is 0.222. The van der Waals surface area contributed by atoms with Crippen molar-refractivity contribution in [1.29, 1.82) is 0 Å². The van der Waals surface area contributed by atoms with Gasteiger partial charge >= 0.3 is 0 Å². The standard InChI is InChI=1S/C15H20N2O3S/c1-17(13-6-7-21(19,20)10-13)15(18)12-8-11-4-2-3-5-14(11)16-9-12/h2-5,12-13,16H,6-10H2,1H3. The summed E-state index contributed by atoms with van der Waals surface area (Å²) in [5.41, 5.74) is 2.24. The fourth-order valence-corrected chi connectivity index (χ4v) is 4.94. The molecular formula is C15H20N2O3S. The van der Waals surface area contributed by atoms with Gasteiger partial charge in [-0.1, -0.05) is 18.2 Å². The lowest BCUT2D eigenvalue weighted by Crippen LogP contribution is -2.44. The van der Waals surface area contributed by atoms with E-state index in [1.165, 1.54) is 0 Å². The second-order valence-electron chi connectivity index (χ2n) is 5.95. The van der Waals surface area contributed by atoms with Gasteiger partial charge < -0.3 is 10.2 Å². The van der Waals surface area contributed by atoms with Crippen LogP contribution in [0.3, 0.4) is 0 Å². The normalized spacial score (nSPS) is 26.7. The molecular weight excluding hydrogens is 288 g/mol. The first-order chi connectivity index (χ1) is 9.96. The summed E-state index contributed by atoms with van der Waals surface area (Å²) in [5, 5.41) is 3.29. The van der Waals surface area contributed by atoms with Gasteiger partial charge in [0.05, 0.1) is 17.4 Å². The zero-order valence-corrected chi connectivity index (χ0v) is 12.9. The minimum atomic E-state index is -2.96. The second-order valence-corrected chi connectivity index (χ2v) is 8.17. The van der Waals surface area contributed by atoms with Crippen LogP contribution in [0.25, 0.3) is 0 Å². The molecule has 1 aromatic rings. The fraction of sp³-hybridized carbons (Fsp3) is 0.533. The van der Waals surface area contributed by atoms with E-state index in [1.807, 2.05) is 24.3 Å². The van der Waals surface area contributed by atoms with Crippen molar-refractivity contribution in [1.82, 2.24) is 4.90 Å². The molecule has 2 heterocycles. The van der Waals surface area contributed by atoms with E-state index in [2.05, 4.69) is 5.32 Å². The SMILES string of the molecule is CN(C(=O)C1CNc2ccccc2C1)C1CCS(=O)(=O)C1. The van der Waals surface area contributed by atoms with Crippen molar-refractivity contribution in [3.8, 4) is 0 Å². The van der Waals surface area contributed by atoms with Gasteiger partial charge in [0, 0.05) is 25.3 Å². The molecule has 0 saturated carbocycles. The van der Waals surface area contributed by atoms with Crippen molar-refractivity contribution in [3.63, 3.8) is 0 Å². The number of hydrogen-bond acceptors (Lipinski definition) is 4. The van der Waals surface area contributed by atoms with Gasteiger partial charge in [-0.3, -0.25) is 4.79 Å². The van der Waals surface area contributed by atoms with Crippen LogP contribution in [0.4, 0.5) is 5.69 Å². The number of amides is 1. The Kier molecular flexibility index (Phi) is 3.65. The Morgan fingerprint density at radius 1 is 1.33 bits per heavy atom. The van der Waals surface area contributed by atoms with Crippen molar-refractivity contribution >= 4 is 21.4 Å². The third kappa shape index (κ3) is 2.90. The molecule has 2 unspecified atom stereocenters. The maximum atomic E-state index is 12.6. The van der Waals surface area contributed by atoms with Crippen LogP contribution < -0.4 is 5.32 Å². The molecule has 1 amide bonds. The summed E-state index contributed by atoms with van der Waals surface area (Å²) in [6, 6.07) is 7.83. The molecule has 1 saturated heterocycles. The molecule has 2 aliphatic heterocycles. The topological polar surface area (TPSA) is 66.5 Å². The Balaban J connectivity index is 1.69. The maximum Gasteiger partial charge on any atom is 0.227 e. The number of fused-ring (bicyclic) bond motifs is 1. The molecule has 6 heteroatoms. The van der Waals surface area contributed by atoms with E-state index in [9.17, 15) is 13.2 Å². The summed E-state index contributed by atoms with van der Waals surface area (Å²) in [6.45, 7) is 0.611. The Morgan fingerprint density at radius 3 is 2.81 bits per heavy atom. The molecule has 5 nitrogen and oxygen atoms in total. The van der Waals surface area contributed by atoms with Crippen LogP contribution in [0.15, 0.2) is 24.3 Å². The highest BCUT2D eigenvalue weighted by atomic mass is 32.2. The van der Waals surface area contributed by atoms with Crippen molar-refractivity contribution in [2.24, 2.45) is 5.92 Å². The minimum Gasteiger partial charge on any atom is -0.384 e. The van der Waals surface area contributed by atoms with E-state index < -0.39 is 9.84 Å². The molecule has 3 rings (SSSR count). The summed E-state index contributed by atoms with van der Waals surface area (Å²) < 4.78 is 23.1. The molecule has 0 radical (unpaired) electrons. The zero-order valence-electron chi connectivity index (χ0n) is 12.1. The first-order valence-electron chi connectivity index (χ1n) is 7.25. The molecule has 2 aliphatic rings. The molecule has 0 spiro atoms. The van der Waals surface area contributed by atoms with Crippen LogP contribution in [0.5, 0.6) is 0 Å². The Labute approximate surface area is 125 Å². The molecule has 1 fully saturated rings. The smallest absolute Gasteiger partial charge is 0.227 e. The monoisotopic (exact) mass is 308 g/mol.